The van der Waals surface area contributed by atoms with E-state index in [9.17, 15) is 4.39 Å². The molecule has 0 saturated carbocycles. The molecule has 2 aromatic carbocycles. The Morgan fingerprint density at radius 1 is 1.15 bits per heavy atom. The van der Waals surface area contributed by atoms with E-state index >= 15 is 0 Å². The molecule has 0 fully saturated rings. The lowest BCUT2D eigenvalue weighted by molar-refractivity contribution is 0.302. The third-order valence-corrected chi connectivity index (χ3v) is 3.69. The van der Waals surface area contributed by atoms with Crippen LogP contribution in [0.25, 0.3) is 0 Å². The number of hydrogen-bond acceptors (Lipinski definition) is 2. The van der Waals surface area contributed by atoms with Crippen LogP contribution in [0.15, 0.2) is 40.9 Å². The number of halogens is 3. The van der Waals surface area contributed by atoms with Crippen molar-refractivity contribution in [2.75, 3.05) is 6.54 Å². The van der Waals surface area contributed by atoms with Crippen LogP contribution in [-0.2, 0) is 13.0 Å². The zero-order chi connectivity index (χ0) is 14.5. The van der Waals surface area contributed by atoms with Gasteiger partial charge < -0.3 is 10.5 Å². The molecule has 0 saturated heterocycles. The molecule has 0 bridgehead atoms. The highest BCUT2D eigenvalue weighted by Crippen LogP contribution is 2.26. The van der Waals surface area contributed by atoms with Gasteiger partial charge in [0.2, 0.25) is 0 Å². The van der Waals surface area contributed by atoms with Gasteiger partial charge in [-0.05, 0) is 54.9 Å². The fourth-order valence-corrected chi connectivity index (χ4v) is 2.43. The summed E-state index contributed by atoms with van der Waals surface area (Å²) in [5, 5.41) is 0.490. The average molecular weight is 359 g/mol. The molecule has 0 aliphatic rings. The lowest BCUT2D eigenvalue weighted by Gasteiger charge is -2.12. The average Bonchev–Trinajstić information content (AvgIpc) is 2.42. The van der Waals surface area contributed by atoms with E-state index in [1.807, 2.05) is 18.2 Å². The second-order valence-electron chi connectivity index (χ2n) is 4.32. The second-order valence-corrected chi connectivity index (χ2v) is 5.64. The molecule has 20 heavy (non-hydrogen) atoms. The van der Waals surface area contributed by atoms with Crippen LogP contribution in [0.1, 0.15) is 11.1 Å². The zero-order valence-corrected chi connectivity index (χ0v) is 13.0. The number of hydrogen-bond donors (Lipinski definition) is 1. The van der Waals surface area contributed by atoms with Gasteiger partial charge in [0.1, 0.15) is 18.2 Å². The molecule has 2 N–H and O–H groups in total. The van der Waals surface area contributed by atoms with Crippen LogP contribution >= 0.6 is 27.5 Å². The minimum Gasteiger partial charge on any atom is -0.489 e. The maximum atomic E-state index is 13.2. The van der Waals surface area contributed by atoms with Gasteiger partial charge in [-0.3, -0.25) is 0 Å². The summed E-state index contributed by atoms with van der Waals surface area (Å²) in [6.07, 6.45) is 0.714. The molecule has 106 valence electrons. The first kappa shape index (κ1) is 15.3. The summed E-state index contributed by atoms with van der Waals surface area (Å²) in [6.45, 7) is 0.753. The lowest BCUT2D eigenvalue weighted by Crippen LogP contribution is -2.06. The number of nitrogens with two attached hydrogens (primary N) is 1. The molecule has 2 rings (SSSR count). The monoisotopic (exact) mass is 357 g/mol. The Labute approximate surface area is 130 Å². The third kappa shape index (κ3) is 3.95. The van der Waals surface area contributed by atoms with Crippen LogP contribution in [-0.4, -0.2) is 6.54 Å². The topological polar surface area (TPSA) is 35.2 Å². The standard InChI is InChI=1S/C15H14BrClFNO/c16-12-1-4-15(10(7-12)5-6-19)20-9-11-8-13(18)2-3-14(11)17/h1-4,7-8H,5-6,9,19H2. The van der Waals surface area contributed by atoms with E-state index in [1.165, 1.54) is 18.2 Å². The SMILES string of the molecule is NCCc1cc(Br)ccc1OCc1cc(F)ccc1Cl. The van der Waals surface area contributed by atoms with E-state index < -0.39 is 0 Å². The maximum Gasteiger partial charge on any atom is 0.123 e. The molecular formula is C15H14BrClFNO. The van der Waals surface area contributed by atoms with E-state index in [-0.39, 0.29) is 12.4 Å². The molecule has 0 unspecified atom stereocenters. The molecule has 2 nitrogen and oxygen atoms in total. The molecule has 5 heteroatoms. The minimum atomic E-state index is -0.328. The number of rotatable bonds is 5. The van der Waals surface area contributed by atoms with Crippen molar-refractivity contribution in [3.8, 4) is 5.75 Å². The van der Waals surface area contributed by atoms with Gasteiger partial charge in [0.25, 0.3) is 0 Å². The van der Waals surface area contributed by atoms with Crippen molar-refractivity contribution < 1.29 is 9.13 Å². The highest BCUT2D eigenvalue weighted by molar-refractivity contribution is 9.10. The van der Waals surface area contributed by atoms with Crippen molar-refractivity contribution in [3.05, 3.63) is 62.8 Å². The lowest BCUT2D eigenvalue weighted by atomic mass is 10.1. The summed E-state index contributed by atoms with van der Waals surface area (Å²) in [4.78, 5) is 0. The molecule has 0 aliphatic heterocycles. The molecule has 0 amide bonds. The Bertz CT molecular complexity index is 606. The number of ether oxygens (including phenoxy) is 1. The number of benzene rings is 2. The fraction of sp³-hybridized carbons (Fsp3) is 0.200. The Morgan fingerprint density at radius 3 is 2.70 bits per heavy atom. The van der Waals surface area contributed by atoms with E-state index in [0.29, 0.717) is 23.6 Å². The maximum absolute atomic E-state index is 13.2. The third-order valence-electron chi connectivity index (χ3n) is 2.83. The van der Waals surface area contributed by atoms with Gasteiger partial charge in [-0.15, -0.1) is 0 Å². The van der Waals surface area contributed by atoms with Gasteiger partial charge in [-0.1, -0.05) is 27.5 Å². The highest BCUT2D eigenvalue weighted by Gasteiger charge is 2.07. The summed E-state index contributed by atoms with van der Waals surface area (Å²) in [5.74, 6) is 0.407. The van der Waals surface area contributed by atoms with Gasteiger partial charge in [-0.25, -0.2) is 4.39 Å². The molecule has 0 spiro atoms. The summed E-state index contributed by atoms with van der Waals surface area (Å²) < 4.78 is 19.9. The molecular weight excluding hydrogens is 345 g/mol. The van der Waals surface area contributed by atoms with Crippen LogP contribution in [0.3, 0.4) is 0 Å². The van der Waals surface area contributed by atoms with Crippen LogP contribution in [0, 0.1) is 5.82 Å². The van der Waals surface area contributed by atoms with Gasteiger partial charge in [0.15, 0.2) is 0 Å². The van der Waals surface area contributed by atoms with Gasteiger partial charge in [-0.2, -0.15) is 0 Å². The van der Waals surface area contributed by atoms with Crippen LogP contribution in [0.5, 0.6) is 5.75 Å². The first-order chi connectivity index (χ1) is 9.60. The largest absolute Gasteiger partial charge is 0.489 e. The van der Waals surface area contributed by atoms with E-state index in [1.54, 1.807) is 0 Å². The molecule has 0 aromatic heterocycles. The van der Waals surface area contributed by atoms with Gasteiger partial charge >= 0.3 is 0 Å². The normalized spacial score (nSPS) is 10.6. The smallest absolute Gasteiger partial charge is 0.123 e. The predicted octanol–water partition coefficient (Wildman–Crippen LogP) is 4.32. The first-order valence-corrected chi connectivity index (χ1v) is 7.32. The van der Waals surface area contributed by atoms with Crippen molar-refractivity contribution in [2.45, 2.75) is 13.0 Å². The summed E-state index contributed by atoms with van der Waals surface area (Å²) >= 11 is 9.43. The van der Waals surface area contributed by atoms with Crippen molar-refractivity contribution in [3.63, 3.8) is 0 Å². The molecule has 2 aromatic rings. The molecule has 0 heterocycles. The molecule has 0 aliphatic carbocycles. The minimum absolute atomic E-state index is 0.218. The van der Waals surface area contributed by atoms with Crippen molar-refractivity contribution in [1.29, 1.82) is 0 Å². The Kier molecular flexibility index (Phi) is 5.40. The van der Waals surface area contributed by atoms with Crippen LogP contribution < -0.4 is 10.5 Å². The summed E-state index contributed by atoms with van der Waals surface area (Å²) in [7, 11) is 0. The zero-order valence-electron chi connectivity index (χ0n) is 10.7. The van der Waals surface area contributed by atoms with Crippen molar-refractivity contribution in [1.82, 2.24) is 0 Å². The predicted molar refractivity (Wildman–Crippen MR) is 82.6 cm³/mol. The molecule has 0 radical (unpaired) electrons. The molecule has 0 atom stereocenters. The quantitative estimate of drug-likeness (QED) is 0.864. The Morgan fingerprint density at radius 2 is 1.95 bits per heavy atom. The Balaban J connectivity index is 2.16. The van der Waals surface area contributed by atoms with Gasteiger partial charge in [0.05, 0.1) is 0 Å². The first-order valence-electron chi connectivity index (χ1n) is 6.15. The van der Waals surface area contributed by atoms with Crippen LogP contribution in [0.2, 0.25) is 5.02 Å². The fourth-order valence-electron chi connectivity index (χ4n) is 1.85. The van der Waals surface area contributed by atoms with Crippen molar-refractivity contribution in [2.24, 2.45) is 5.73 Å². The summed E-state index contributed by atoms with van der Waals surface area (Å²) in [6, 6.07) is 9.95. The van der Waals surface area contributed by atoms with Crippen molar-refractivity contribution >= 4 is 27.5 Å². The van der Waals surface area contributed by atoms with Gasteiger partial charge in [0, 0.05) is 15.1 Å². The second kappa shape index (κ2) is 7.07. The van der Waals surface area contributed by atoms with E-state index in [2.05, 4.69) is 15.9 Å². The Hall–Kier alpha value is -1.10. The highest BCUT2D eigenvalue weighted by atomic mass is 79.9. The summed E-state index contributed by atoms with van der Waals surface area (Å²) in [5.41, 5.74) is 7.22. The van der Waals surface area contributed by atoms with Crippen LogP contribution in [0.4, 0.5) is 4.39 Å². The van der Waals surface area contributed by atoms with E-state index in [4.69, 9.17) is 22.1 Å². The van der Waals surface area contributed by atoms with E-state index in [0.717, 1.165) is 15.8 Å².